The van der Waals surface area contributed by atoms with E-state index in [1.807, 2.05) is 6.92 Å². The van der Waals surface area contributed by atoms with Crippen molar-refractivity contribution in [1.82, 2.24) is 0 Å². The van der Waals surface area contributed by atoms with Crippen LogP contribution >= 0.6 is 27.3 Å². The molecule has 0 radical (unpaired) electrons. The molecular formula is C14H12BrFN2S. The maximum atomic E-state index is 14.1. The Bertz CT molecular complexity index is 638. The summed E-state index contributed by atoms with van der Waals surface area (Å²) in [5.41, 5.74) is 7.83. The van der Waals surface area contributed by atoms with Gasteiger partial charge in [0.25, 0.3) is 0 Å². The third-order valence-electron chi connectivity index (χ3n) is 2.84. The number of nitriles is 1. The van der Waals surface area contributed by atoms with Gasteiger partial charge in [-0.25, -0.2) is 4.39 Å². The molecule has 19 heavy (non-hydrogen) atoms. The molecule has 0 aliphatic carbocycles. The van der Waals surface area contributed by atoms with Crippen molar-refractivity contribution in [3.8, 4) is 16.5 Å². The minimum Gasteiger partial charge on any atom is -0.397 e. The third-order valence-corrected chi connectivity index (χ3v) is 4.67. The molecule has 2 aromatic rings. The Labute approximate surface area is 123 Å². The van der Waals surface area contributed by atoms with E-state index in [0.717, 1.165) is 23.3 Å². The van der Waals surface area contributed by atoms with Crippen LogP contribution in [0.5, 0.6) is 0 Å². The standard InChI is InChI=1S/C14H12BrFN2S/c1-2-4-8-13(18)11(7-17)19-14(8)12-9(15)5-3-6-10(12)16/h3,5-6H,2,4,18H2,1H3. The third kappa shape index (κ3) is 2.51. The number of nitrogens with two attached hydrogens (primary N) is 1. The van der Waals surface area contributed by atoms with E-state index >= 15 is 0 Å². The van der Waals surface area contributed by atoms with Crippen molar-refractivity contribution in [1.29, 1.82) is 5.26 Å². The predicted octanol–water partition coefficient (Wildman–Crippen LogP) is 4.72. The van der Waals surface area contributed by atoms with Crippen molar-refractivity contribution >= 4 is 33.0 Å². The maximum Gasteiger partial charge on any atom is 0.132 e. The molecule has 0 saturated heterocycles. The van der Waals surface area contributed by atoms with Gasteiger partial charge in [-0.15, -0.1) is 11.3 Å². The van der Waals surface area contributed by atoms with Gasteiger partial charge in [0.15, 0.2) is 0 Å². The molecule has 2 nitrogen and oxygen atoms in total. The first-order chi connectivity index (χ1) is 9.10. The van der Waals surface area contributed by atoms with Crippen molar-refractivity contribution in [3.63, 3.8) is 0 Å². The van der Waals surface area contributed by atoms with E-state index in [2.05, 4.69) is 22.0 Å². The van der Waals surface area contributed by atoms with Gasteiger partial charge in [0, 0.05) is 14.9 Å². The van der Waals surface area contributed by atoms with Gasteiger partial charge < -0.3 is 5.73 Å². The van der Waals surface area contributed by atoms with Crippen LogP contribution in [0.4, 0.5) is 10.1 Å². The Morgan fingerprint density at radius 3 is 2.79 bits per heavy atom. The van der Waals surface area contributed by atoms with Crippen molar-refractivity contribution in [2.75, 3.05) is 5.73 Å². The van der Waals surface area contributed by atoms with Gasteiger partial charge in [0.1, 0.15) is 16.8 Å². The van der Waals surface area contributed by atoms with Gasteiger partial charge in [-0.2, -0.15) is 5.26 Å². The van der Waals surface area contributed by atoms with E-state index in [4.69, 9.17) is 11.0 Å². The zero-order valence-corrected chi connectivity index (χ0v) is 12.7. The van der Waals surface area contributed by atoms with Gasteiger partial charge in [0.2, 0.25) is 0 Å². The fourth-order valence-corrected chi connectivity index (χ4v) is 3.78. The summed E-state index contributed by atoms with van der Waals surface area (Å²) < 4.78 is 14.7. The number of nitrogens with zero attached hydrogens (tertiary/aromatic N) is 1. The normalized spacial score (nSPS) is 10.4. The summed E-state index contributed by atoms with van der Waals surface area (Å²) in [6, 6.07) is 6.92. The Kier molecular flexibility index (Phi) is 4.23. The second-order valence-corrected chi connectivity index (χ2v) is 5.99. The first kappa shape index (κ1) is 14.0. The molecule has 0 bridgehead atoms. The lowest BCUT2D eigenvalue weighted by molar-refractivity contribution is 0.630. The molecule has 1 aromatic carbocycles. The highest BCUT2D eigenvalue weighted by Gasteiger charge is 2.20. The summed E-state index contributed by atoms with van der Waals surface area (Å²) in [5.74, 6) is -0.308. The number of anilines is 1. The highest BCUT2D eigenvalue weighted by Crippen LogP contribution is 2.42. The topological polar surface area (TPSA) is 49.8 Å². The average molecular weight is 339 g/mol. The Hall–Kier alpha value is -1.38. The van der Waals surface area contributed by atoms with Crippen LogP contribution in [0.15, 0.2) is 22.7 Å². The van der Waals surface area contributed by atoms with Crippen LogP contribution in [0.2, 0.25) is 0 Å². The van der Waals surface area contributed by atoms with Crippen LogP contribution < -0.4 is 5.73 Å². The summed E-state index contributed by atoms with van der Waals surface area (Å²) in [7, 11) is 0. The van der Waals surface area contributed by atoms with E-state index in [9.17, 15) is 4.39 Å². The summed E-state index contributed by atoms with van der Waals surface area (Å²) in [5, 5.41) is 9.08. The van der Waals surface area contributed by atoms with Gasteiger partial charge in [0.05, 0.1) is 5.69 Å². The van der Waals surface area contributed by atoms with Crippen LogP contribution in [0, 0.1) is 17.1 Å². The number of nitrogen functional groups attached to an aromatic ring is 1. The minimum absolute atomic E-state index is 0.308. The Morgan fingerprint density at radius 2 is 2.21 bits per heavy atom. The van der Waals surface area contributed by atoms with E-state index < -0.39 is 0 Å². The SMILES string of the molecule is CCCc1c(-c2c(F)cccc2Br)sc(C#N)c1N. The highest BCUT2D eigenvalue weighted by molar-refractivity contribution is 9.10. The van der Waals surface area contributed by atoms with Gasteiger partial charge >= 0.3 is 0 Å². The molecule has 0 atom stereocenters. The van der Waals surface area contributed by atoms with Crippen LogP contribution in [-0.2, 0) is 6.42 Å². The van der Waals surface area contributed by atoms with E-state index in [0.29, 0.717) is 20.6 Å². The lowest BCUT2D eigenvalue weighted by Gasteiger charge is -2.07. The monoisotopic (exact) mass is 338 g/mol. The first-order valence-electron chi connectivity index (χ1n) is 5.85. The number of rotatable bonds is 3. The zero-order chi connectivity index (χ0) is 14.0. The van der Waals surface area contributed by atoms with Gasteiger partial charge in [-0.3, -0.25) is 0 Å². The molecule has 0 aliphatic heterocycles. The molecule has 98 valence electrons. The second-order valence-electron chi connectivity index (χ2n) is 4.11. The molecule has 2 N–H and O–H groups in total. The first-order valence-corrected chi connectivity index (χ1v) is 7.46. The fourth-order valence-electron chi connectivity index (χ4n) is 1.98. The molecular weight excluding hydrogens is 327 g/mol. The highest BCUT2D eigenvalue weighted by atomic mass is 79.9. The quantitative estimate of drug-likeness (QED) is 0.879. The zero-order valence-electron chi connectivity index (χ0n) is 10.3. The van der Waals surface area contributed by atoms with Crippen molar-refractivity contribution in [3.05, 3.63) is 38.9 Å². The number of hydrogen-bond donors (Lipinski definition) is 1. The molecule has 0 aliphatic rings. The van der Waals surface area contributed by atoms with Gasteiger partial charge in [-0.1, -0.05) is 35.3 Å². The maximum absolute atomic E-state index is 14.1. The van der Waals surface area contributed by atoms with E-state index in [1.165, 1.54) is 17.4 Å². The van der Waals surface area contributed by atoms with Crippen LogP contribution in [0.25, 0.3) is 10.4 Å². The molecule has 0 fully saturated rings. The van der Waals surface area contributed by atoms with Crippen molar-refractivity contribution in [2.45, 2.75) is 19.8 Å². The average Bonchev–Trinajstić information content (AvgIpc) is 2.68. The lowest BCUT2D eigenvalue weighted by Crippen LogP contribution is -1.94. The van der Waals surface area contributed by atoms with Gasteiger partial charge in [-0.05, 0) is 24.1 Å². The van der Waals surface area contributed by atoms with Crippen molar-refractivity contribution in [2.24, 2.45) is 0 Å². The number of hydrogen-bond acceptors (Lipinski definition) is 3. The molecule has 0 spiro atoms. The van der Waals surface area contributed by atoms with Crippen LogP contribution in [0.1, 0.15) is 23.8 Å². The largest absolute Gasteiger partial charge is 0.397 e. The summed E-state index contributed by atoms with van der Waals surface area (Å²) in [6.45, 7) is 2.03. The van der Waals surface area contributed by atoms with E-state index in [-0.39, 0.29) is 5.82 Å². The number of thiophene rings is 1. The fraction of sp³-hybridized carbons (Fsp3) is 0.214. The molecule has 5 heteroatoms. The minimum atomic E-state index is -0.308. The summed E-state index contributed by atoms with van der Waals surface area (Å²) in [4.78, 5) is 1.20. The number of benzene rings is 1. The molecule has 0 saturated carbocycles. The second kappa shape index (κ2) is 5.72. The molecule has 1 aromatic heterocycles. The van der Waals surface area contributed by atoms with Crippen LogP contribution in [-0.4, -0.2) is 0 Å². The molecule has 0 amide bonds. The molecule has 2 rings (SSSR count). The molecule has 0 unspecified atom stereocenters. The number of halogens is 2. The smallest absolute Gasteiger partial charge is 0.132 e. The van der Waals surface area contributed by atoms with Crippen molar-refractivity contribution < 1.29 is 4.39 Å². The molecule has 1 heterocycles. The lowest BCUT2D eigenvalue weighted by atomic mass is 10.0. The predicted molar refractivity (Wildman–Crippen MR) is 80.5 cm³/mol. The summed E-state index contributed by atoms with van der Waals surface area (Å²) >= 11 is 4.62. The Balaban J connectivity index is 2.72. The Morgan fingerprint density at radius 1 is 1.47 bits per heavy atom. The van der Waals surface area contributed by atoms with Crippen LogP contribution in [0.3, 0.4) is 0 Å². The summed E-state index contributed by atoms with van der Waals surface area (Å²) in [6.07, 6.45) is 1.63. The van der Waals surface area contributed by atoms with E-state index in [1.54, 1.807) is 12.1 Å².